The Bertz CT molecular complexity index is 504. The monoisotopic (exact) mass is 297 g/mol. The molecule has 0 unspecified atom stereocenters. The zero-order valence-electron chi connectivity index (χ0n) is 12.2. The molecule has 0 bridgehead atoms. The molecule has 8 heteroatoms. The summed E-state index contributed by atoms with van der Waals surface area (Å²) in [4.78, 5) is 38.3. The topological polar surface area (TPSA) is 111 Å². The van der Waals surface area contributed by atoms with E-state index in [1.165, 1.54) is 18.7 Å². The number of aliphatic carboxylic acids is 1. The molecule has 2 N–H and O–H groups in total. The number of aromatic nitrogens is 2. The van der Waals surface area contributed by atoms with Gasteiger partial charge in [0.25, 0.3) is 0 Å². The van der Waals surface area contributed by atoms with Crippen LogP contribution in [0.15, 0.2) is 18.7 Å². The maximum atomic E-state index is 12.0. The third kappa shape index (κ3) is 6.07. The second kappa shape index (κ2) is 6.87. The highest BCUT2D eigenvalue weighted by molar-refractivity contribution is 5.85. The molecule has 0 aliphatic carbocycles. The minimum absolute atomic E-state index is 0.0509. The van der Waals surface area contributed by atoms with Gasteiger partial charge in [0.05, 0.1) is 0 Å². The van der Waals surface area contributed by atoms with Crippen molar-refractivity contribution >= 4 is 18.0 Å². The third-order valence-corrected chi connectivity index (χ3v) is 2.37. The molecule has 116 valence electrons. The van der Waals surface area contributed by atoms with Crippen LogP contribution in [0.2, 0.25) is 0 Å². The van der Waals surface area contributed by atoms with Gasteiger partial charge in [0.1, 0.15) is 18.0 Å². The first-order chi connectivity index (χ1) is 9.69. The van der Waals surface area contributed by atoms with Crippen LogP contribution in [0.4, 0.5) is 4.79 Å². The molecular formula is C13H19N3O5. The minimum atomic E-state index is -1.06. The molecule has 0 saturated heterocycles. The number of nitrogens with zero attached hydrogens (tertiary/aromatic N) is 2. The summed E-state index contributed by atoms with van der Waals surface area (Å²) >= 11 is 0. The number of amides is 1. The van der Waals surface area contributed by atoms with Crippen molar-refractivity contribution < 1.29 is 24.2 Å². The van der Waals surface area contributed by atoms with E-state index in [2.05, 4.69) is 10.3 Å². The zero-order valence-corrected chi connectivity index (χ0v) is 12.2. The molecule has 0 aromatic carbocycles. The van der Waals surface area contributed by atoms with E-state index in [-0.39, 0.29) is 12.8 Å². The van der Waals surface area contributed by atoms with Gasteiger partial charge >= 0.3 is 18.0 Å². The van der Waals surface area contributed by atoms with Gasteiger partial charge in [-0.1, -0.05) is 0 Å². The van der Waals surface area contributed by atoms with Gasteiger partial charge in [-0.2, -0.15) is 0 Å². The fourth-order valence-corrected chi connectivity index (χ4v) is 1.49. The number of imidazole rings is 1. The van der Waals surface area contributed by atoms with E-state index in [1.807, 2.05) is 0 Å². The predicted octanol–water partition coefficient (Wildman–Crippen LogP) is 1.02. The first-order valence-electron chi connectivity index (χ1n) is 6.42. The lowest BCUT2D eigenvalue weighted by molar-refractivity contribution is -0.157. The number of carboxylic acid groups (broad SMARTS) is 1. The van der Waals surface area contributed by atoms with E-state index >= 15 is 0 Å². The Morgan fingerprint density at radius 2 is 2.05 bits per heavy atom. The van der Waals surface area contributed by atoms with Crippen molar-refractivity contribution in [2.45, 2.75) is 45.3 Å². The number of carboxylic acids is 1. The summed E-state index contributed by atoms with van der Waals surface area (Å²) in [6, 6.07) is -1.61. The first kappa shape index (κ1) is 16.7. The Balaban J connectivity index is 2.74. The SMILES string of the molecule is CC(C)(C)OC(=O)[C@H](CCC(=O)O)NC(=O)n1ccnc1. The molecule has 0 fully saturated rings. The molecule has 1 aromatic heterocycles. The van der Waals surface area contributed by atoms with Crippen molar-refractivity contribution in [1.29, 1.82) is 0 Å². The van der Waals surface area contributed by atoms with Crippen molar-refractivity contribution in [2.75, 3.05) is 0 Å². The fourth-order valence-electron chi connectivity index (χ4n) is 1.49. The lowest BCUT2D eigenvalue weighted by Gasteiger charge is -2.24. The van der Waals surface area contributed by atoms with Crippen molar-refractivity contribution in [2.24, 2.45) is 0 Å². The van der Waals surface area contributed by atoms with Crippen molar-refractivity contribution in [3.63, 3.8) is 0 Å². The van der Waals surface area contributed by atoms with Gasteiger partial charge in [0.15, 0.2) is 0 Å². The Morgan fingerprint density at radius 3 is 2.52 bits per heavy atom. The van der Waals surface area contributed by atoms with Crippen molar-refractivity contribution in [3.8, 4) is 0 Å². The van der Waals surface area contributed by atoms with Gasteiger partial charge in [0.2, 0.25) is 0 Å². The lowest BCUT2D eigenvalue weighted by Crippen LogP contribution is -2.45. The van der Waals surface area contributed by atoms with E-state index in [1.54, 1.807) is 20.8 Å². The van der Waals surface area contributed by atoms with Crippen LogP contribution in [0.3, 0.4) is 0 Å². The number of carbonyl (C=O) groups is 3. The zero-order chi connectivity index (χ0) is 16.0. The molecule has 0 aliphatic heterocycles. The van der Waals surface area contributed by atoms with Crippen LogP contribution in [0.25, 0.3) is 0 Å². The van der Waals surface area contributed by atoms with Crippen LogP contribution in [0.1, 0.15) is 33.6 Å². The Morgan fingerprint density at radius 1 is 1.38 bits per heavy atom. The van der Waals surface area contributed by atoms with Crippen LogP contribution in [0.5, 0.6) is 0 Å². The smallest absolute Gasteiger partial charge is 0.329 e. The van der Waals surface area contributed by atoms with Crippen LogP contribution in [-0.4, -0.2) is 44.3 Å². The van der Waals surface area contributed by atoms with Gasteiger partial charge in [0, 0.05) is 18.8 Å². The Labute approximate surface area is 122 Å². The van der Waals surface area contributed by atoms with Crippen LogP contribution in [-0.2, 0) is 14.3 Å². The lowest BCUT2D eigenvalue weighted by atomic mass is 10.1. The van der Waals surface area contributed by atoms with E-state index in [9.17, 15) is 14.4 Å². The van der Waals surface area contributed by atoms with Crippen molar-refractivity contribution in [1.82, 2.24) is 14.9 Å². The summed E-state index contributed by atoms with van der Waals surface area (Å²) < 4.78 is 6.33. The number of nitrogens with one attached hydrogen (secondary N) is 1. The second-order valence-electron chi connectivity index (χ2n) is 5.44. The highest BCUT2D eigenvalue weighted by Crippen LogP contribution is 2.11. The summed E-state index contributed by atoms with van der Waals surface area (Å²) in [5.74, 6) is -1.72. The molecule has 0 radical (unpaired) electrons. The summed E-state index contributed by atoms with van der Waals surface area (Å²) in [5, 5.41) is 11.2. The first-order valence-corrected chi connectivity index (χ1v) is 6.42. The van der Waals surface area contributed by atoms with Crippen LogP contribution in [0, 0.1) is 0 Å². The van der Waals surface area contributed by atoms with Gasteiger partial charge in [-0.3, -0.25) is 9.36 Å². The second-order valence-corrected chi connectivity index (χ2v) is 5.44. The number of hydrogen-bond acceptors (Lipinski definition) is 5. The van der Waals surface area contributed by atoms with Crippen molar-refractivity contribution in [3.05, 3.63) is 18.7 Å². The third-order valence-electron chi connectivity index (χ3n) is 2.37. The molecule has 1 amide bonds. The van der Waals surface area contributed by atoms with Gasteiger partial charge in [-0.05, 0) is 27.2 Å². The van der Waals surface area contributed by atoms with Gasteiger partial charge < -0.3 is 15.2 Å². The normalized spacial score (nSPS) is 12.5. The van der Waals surface area contributed by atoms with Gasteiger partial charge in [-0.25, -0.2) is 14.6 Å². The summed E-state index contributed by atoms with van der Waals surface area (Å²) in [6.45, 7) is 5.07. The number of ether oxygens (including phenoxy) is 1. The molecule has 0 saturated carbocycles. The highest BCUT2D eigenvalue weighted by Gasteiger charge is 2.27. The molecule has 0 spiro atoms. The molecule has 1 atom stereocenters. The minimum Gasteiger partial charge on any atom is -0.481 e. The maximum Gasteiger partial charge on any atom is 0.329 e. The molecule has 1 rings (SSSR count). The van der Waals surface area contributed by atoms with E-state index in [4.69, 9.17) is 9.84 Å². The number of hydrogen-bond donors (Lipinski definition) is 2. The van der Waals surface area contributed by atoms with Crippen LogP contribution < -0.4 is 5.32 Å². The molecule has 21 heavy (non-hydrogen) atoms. The largest absolute Gasteiger partial charge is 0.481 e. The molecule has 8 nitrogen and oxygen atoms in total. The Kier molecular flexibility index (Phi) is 5.45. The highest BCUT2D eigenvalue weighted by atomic mass is 16.6. The standard InChI is InChI=1S/C13H19N3O5/c1-13(2,3)21-11(19)9(4-5-10(17)18)15-12(20)16-7-6-14-8-16/h6-9H,4-5H2,1-3H3,(H,15,20)(H,17,18)/t9-/m0/s1. The summed E-state index contributed by atoms with van der Waals surface area (Å²) in [7, 11) is 0. The Hall–Kier alpha value is -2.38. The molecule has 1 aromatic rings. The van der Waals surface area contributed by atoms with E-state index in [0.29, 0.717) is 0 Å². The number of esters is 1. The van der Waals surface area contributed by atoms with Gasteiger partial charge in [-0.15, -0.1) is 0 Å². The fraction of sp³-hybridized carbons (Fsp3) is 0.538. The average molecular weight is 297 g/mol. The summed E-state index contributed by atoms with van der Waals surface area (Å²) in [6.07, 6.45) is 3.80. The molecule has 1 heterocycles. The predicted molar refractivity (Wildman–Crippen MR) is 72.7 cm³/mol. The van der Waals surface area contributed by atoms with Crippen LogP contribution >= 0.6 is 0 Å². The maximum absolute atomic E-state index is 12.0. The van der Waals surface area contributed by atoms with E-state index in [0.717, 1.165) is 4.57 Å². The summed E-state index contributed by atoms with van der Waals surface area (Å²) in [5.41, 5.74) is -0.724. The molecule has 0 aliphatic rings. The number of rotatable bonds is 5. The molecular weight excluding hydrogens is 278 g/mol. The van der Waals surface area contributed by atoms with E-state index < -0.39 is 29.6 Å². The number of carbonyl (C=O) groups excluding carboxylic acids is 2. The average Bonchev–Trinajstić information content (AvgIpc) is 2.85. The quantitative estimate of drug-likeness (QED) is 0.785.